The highest BCUT2D eigenvalue weighted by molar-refractivity contribution is 5.96. The van der Waals surface area contributed by atoms with Gasteiger partial charge in [-0.3, -0.25) is 9.69 Å². The van der Waals surface area contributed by atoms with Gasteiger partial charge in [-0.15, -0.1) is 0 Å². The SMILES string of the molecule is O=C(c1cc[nH]c1C1CC1)N1CCC(N2CCOCC2)C1. The number of carbonyl (C=O) groups excluding carboxylic acids is 1. The fraction of sp³-hybridized carbons (Fsp3) is 0.688. The van der Waals surface area contributed by atoms with Crippen LogP contribution in [0.25, 0.3) is 0 Å². The summed E-state index contributed by atoms with van der Waals surface area (Å²) in [5, 5.41) is 0. The van der Waals surface area contributed by atoms with Gasteiger partial charge in [0.1, 0.15) is 0 Å². The van der Waals surface area contributed by atoms with E-state index in [0.29, 0.717) is 12.0 Å². The molecule has 3 fully saturated rings. The number of rotatable bonds is 3. The molecule has 114 valence electrons. The smallest absolute Gasteiger partial charge is 0.255 e. The molecule has 0 spiro atoms. The van der Waals surface area contributed by atoms with Gasteiger partial charge in [-0.1, -0.05) is 0 Å². The van der Waals surface area contributed by atoms with Crippen LogP contribution in [-0.4, -0.2) is 66.1 Å². The largest absolute Gasteiger partial charge is 0.379 e. The summed E-state index contributed by atoms with van der Waals surface area (Å²) in [6.07, 6.45) is 5.44. The van der Waals surface area contributed by atoms with Gasteiger partial charge >= 0.3 is 0 Å². The molecule has 2 saturated heterocycles. The fourth-order valence-corrected chi connectivity index (χ4v) is 3.62. The molecule has 1 amide bonds. The zero-order chi connectivity index (χ0) is 14.2. The molecule has 1 saturated carbocycles. The summed E-state index contributed by atoms with van der Waals surface area (Å²) in [4.78, 5) is 20.5. The molecule has 1 aromatic heterocycles. The van der Waals surface area contributed by atoms with Crippen molar-refractivity contribution in [3.8, 4) is 0 Å². The lowest BCUT2D eigenvalue weighted by atomic mass is 10.1. The summed E-state index contributed by atoms with van der Waals surface area (Å²) in [6.45, 7) is 5.42. The van der Waals surface area contributed by atoms with Crippen molar-refractivity contribution in [2.24, 2.45) is 0 Å². The Morgan fingerprint density at radius 3 is 2.76 bits per heavy atom. The number of aromatic amines is 1. The first kappa shape index (κ1) is 13.3. The van der Waals surface area contributed by atoms with Crippen molar-refractivity contribution >= 4 is 5.91 Å². The number of morpholine rings is 1. The molecule has 2 aliphatic heterocycles. The van der Waals surface area contributed by atoms with Crippen molar-refractivity contribution in [1.29, 1.82) is 0 Å². The quantitative estimate of drug-likeness (QED) is 0.916. The highest BCUT2D eigenvalue weighted by Crippen LogP contribution is 2.41. The summed E-state index contributed by atoms with van der Waals surface area (Å²) in [7, 11) is 0. The first-order chi connectivity index (χ1) is 10.3. The van der Waals surface area contributed by atoms with Gasteiger partial charge < -0.3 is 14.6 Å². The van der Waals surface area contributed by atoms with Gasteiger partial charge in [0.2, 0.25) is 0 Å². The van der Waals surface area contributed by atoms with Crippen molar-refractivity contribution in [2.45, 2.75) is 31.2 Å². The molecule has 1 N–H and O–H groups in total. The lowest BCUT2D eigenvalue weighted by molar-refractivity contribution is 0.0185. The average molecular weight is 289 g/mol. The summed E-state index contributed by atoms with van der Waals surface area (Å²) in [6, 6.07) is 2.47. The third kappa shape index (κ3) is 2.60. The zero-order valence-electron chi connectivity index (χ0n) is 12.4. The van der Waals surface area contributed by atoms with Gasteiger partial charge in [-0.05, 0) is 31.2 Å². The monoisotopic (exact) mass is 289 g/mol. The molecule has 1 aliphatic carbocycles. The molecular weight excluding hydrogens is 266 g/mol. The maximum Gasteiger partial charge on any atom is 0.255 e. The number of hydrogen-bond acceptors (Lipinski definition) is 3. The third-order valence-corrected chi connectivity index (χ3v) is 5.01. The Hall–Kier alpha value is -1.33. The van der Waals surface area contributed by atoms with E-state index in [1.165, 1.54) is 12.8 Å². The minimum absolute atomic E-state index is 0.217. The van der Waals surface area contributed by atoms with Crippen LogP contribution in [0.3, 0.4) is 0 Å². The lowest BCUT2D eigenvalue weighted by Gasteiger charge is -2.32. The van der Waals surface area contributed by atoms with E-state index < -0.39 is 0 Å². The lowest BCUT2D eigenvalue weighted by Crippen LogP contribution is -2.45. The molecule has 1 aromatic rings. The van der Waals surface area contributed by atoms with Crippen LogP contribution in [0.4, 0.5) is 0 Å². The predicted molar refractivity (Wildman–Crippen MR) is 79.5 cm³/mol. The van der Waals surface area contributed by atoms with E-state index in [-0.39, 0.29) is 5.91 Å². The molecule has 5 heteroatoms. The van der Waals surface area contributed by atoms with Gasteiger partial charge in [-0.25, -0.2) is 0 Å². The maximum atomic E-state index is 12.8. The first-order valence-corrected chi connectivity index (χ1v) is 8.11. The Labute approximate surface area is 125 Å². The molecule has 1 unspecified atom stereocenters. The van der Waals surface area contributed by atoms with Crippen molar-refractivity contribution < 1.29 is 9.53 Å². The van der Waals surface area contributed by atoms with Gasteiger partial charge in [-0.2, -0.15) is 0 Å². The summed E-state index contributed by atoms with van der Waals surface area (Å²) in [5.41, 5.74) is 2.06. The molecule has 0 bridgehead atoms. The van der Waals surface area contributed by atoms with Crippen molar-refractivity contribution in [2.75, 3.05) is 39.4 Å². The Kier molecular flexibility index (Phi) is 3.47. The molecule has 3 heterocycles. The number of likely N-dealkylation sites (tertiary alicyclic amines) is 1. The van der Waals surface area contributed by atoms with E-state index in [1.807, 2.05) is 17.2 Å². The Morgan fingerprint density at radius 1 is 1.19 bits per heavy atom. The average Bonchev–Trinajstić information content (AvgIpc) is 3.06. The Morgan fingerprint density at radius 2 is 2.00 bits per heavy atom. The van der Waals surface area contributed by atoms with Crippen LogP contribution < -0.4 is 0 Å². The molecule has 5 nitrogen and oxygen atoms in total. The number of nitrogens with one attached hydrogen (secondary N) is 1. The first-order valence-electron chi connectivity index (χ1n) is 8.11. The predicted octanol–water partition coefficient (Wildman–Crippen LogP) is 1.44. The van der Waals surface area contributed by atoms with Crippen molar-refractivity contribution in [3.05, 3.63) is 23.5 Å². The van der Waals surface area contributed by atoms with E-state index in [2.05, 4.69) is 9.88 Å². The van der Waals surface area contributed by atoms with Crippen molar-refractivity contribution in [3.63, 3.8) is 0 Å². The van der Waals surface area contributed by atoms with E-state index in [1.54, 1.807) is 0 Å². The maximum absolute atomic E-state index is 12.8. The highest BCUT2D eigenvalue weighted by atomic mass is 16.5. The van der Waals surface area contributed by atoms with Crippen LogP contribution in [0.5, 0.6) is 0 Å². The van der Waals surface area contributed by atoms with E-state index in [9.17, 15) is 4.79 Å². The van der Waals surface area contributed by atoms with Gasteiger partial charge in [0.25, 0.3) is 5.91 Å². The molecule has 4 rings (SSSR count). The molecule has 1 atom stereocenters. The number of hydrogen-bond donors (Lipinski definition) is 1. The normalized spacial score (nSPS) is 27.2. The zero-order valence-corrected chi connectivity index (χ0v) is 12.4. The van der Waals surface area contributed by atoms with Crippen LogP contribution in [0.2, 0.25) is 0 Å². The summed E-state index contributed by atoms with van der Waals surface area (Å²) < 4.78 is 5.42. The number of carbonyl (C=O) groups is 1. The van der Waals surface area contributed by atoms with E-state index in [4.69, 9.17) is 4.74 Å². The number of ether oxygens (including phenoxy) is 1. The Balaban J connectivity index is 1.42. The second kappa shape index (κ2) is 5.46. The standard InChI is InChI=1S/C16H23N3O2/c20-16(14-3-5-17-15(14)12-1-2-12)19-6-4-13(11-19)18-7-9-21-10-8-18/h3,5,12-13,17H,1-2,4,6-11H2. The number of H-pyrrole nitrogens is 1. The van der Waals surface area contributed by atoms with Crippen LogP contribution >= 0.6 is 0 Å². The van der Waals surface area contributed by atoms with E-state index >= 15 is 0 Å². The highest BCUT2D eigenvalue weighted by Gasteiger charge is 2.35. The molecule has 21 heavy (non-hydrogen) atoms. The fourth-order valence-electron chi connectivity index (χ4n) is 3.62. The third-order valence-electron chi connectivity index (χ3n) is 5.01. The molecule has 3 aliphatic rings. The number of aromatic nitrogens is 1. The second-order valence-electron chi connectivity index (χ2n) is 6.42. The summed E-state index contributed by atoms with van der Waals surface area (Å²) >= 11 is 0. The van der Waals surface area contributed by atoms with Crippen LogP contribution in [0.15, 0.2) is 12.3 Å². The van der Waals surface area contributed by atoms with Gasteiger partial charge in [0, 0.05) is 44.1 Å². The van der Waals surface area contributed by atoms with Gasteiger partial charge in [0.05, 0.1) is 18.8 Å². The van der Waals surface area contributed by atoms with Crippen LogP contribution in [0, 0.1) is 0 Å². The minimum Gasteiger partial charge on any atom is -0.379 e. The molecular formula is C16H23N3O2. The number of amides is 1. The topological polar surface area (TPSA) is 48.6 Å². The molecule has 0 aromatic carbocycles. The summed E-state index contributed by atoms with van der Waals surface area (Å²) in [5.74, 6) is 0.811. The minimum atomic E-state index is 0.217. The number of nitrogens with zero attached hydrogens (tertiary/aromatic N) is 2. The Bertz CT molecular complexity index is 517. The van der Waals surface area contributed by atoms with Crippen molar-refractivity contribution in [1.82, 2.24) is 14.8 Å². The van der Waals surface area contributed by atoms with Crippen LogP contribution in [-0.2, 0) is 4.74 Å². The van der Waals surface area contributed by atoms with E-state index in [0.717, 1.165) is 57.1 Å². The molecule has 0 radical (unpaired) electrons. The second-order valence-corrected chi connectivity index (χ2v) is 6.42. The van der Waals surface area contributed by atoms with Crippen LogP contribution in [0.1, 0.15) is 41.2 Å². The van der Waals surface area contributed by atoms with Gasteiger partial charge in [0.15, 0.2) is 0 Å².